The molecule has 5 N–H and O–H groups in total. The summed E-state index contributed by atoms with van der Waals surface area (Å²) in [4.78, 5) is 32.4. The van der Waals surface area contributed by atoms with Crippen molar-refractivity contribution in [2.45, 2.75) is 151 Å². The second-order valence-corrected chi connectivity index (χ2v) is 20.4. The first-order valence-corrected chi connectivity index (χ1v) is 21.3. The molecular weight excluding hydrogens is 592 g/mol. The molecule has 0 aromatic carbocycles. The Morgan fingerprint density at radius 2 is 1.89 bits per heavy atom. The zero-order valence-electron chi connectivity index (χ0n) is 27.6. The molecule has 0 spiro atoms. The van der Waals surface area contributed by atoms with Gasteiger partial charge in [0.05, 0.1) is 30.9 Å². The molecular formula is C33H59ClN6O3Si. The molecule has 9 unspecified atom stereocenters. The number of nitrogens with zero attached hydrogens (tertiary/aromatic N) is 2. The van der Waals surface area contributed by atoms with Gasteiger partial charge in [-0.05, 0) is 127 Å². The number of amides is 1. The summed E-state index contributed by atoms with van der Waals surface area (Å²) in [5, 5.41) is 7.39. The Balaban J connectivity index is 1.10. The van der Waals surface area contributed by atoms with Crippen molar-refractivity contribution in [1.82, 2.24) is 26.4 Å². The SMILES string of the molecule is COC1CCC2C(C1)C(C1CCC(Cl)CC1)=N[C@@H](CC(=O)NCCC1CNC3CCC([Si](C)(C)O)CC3C1)C1NNC(C)N21. The molecule has 3 heterocycles. The summed E-state index contributed by atoms with van der Waals surface area (Å²) in [5.74, 6) is 2.14. The lowest BCUT2D eigenvalue weighted by Gasteiger charge is -2.45. The van der Waals surface area contributed by atoms with E-state index in [1.165, 1.54) is 25.0 Å². The number of ether oxygens (including phenoxy) is 1. The summed E-state index contributed by atoms with van der Waals surface area (Å²) in [6.07, 6.45) is 14.0. The van der Waals surface area contributed by atoms with Crippen LogP contribution >= 0.6 is 11.6 Å². The molecule has 1 amide bonds. The van der Waals surface area contributed by atoms with Crippen molar-refractivity contribution in [1.29, 1.82) is 0 Å². The van der Waals surface area contributed by atoms with Crippen LogP contribution in [0.4, 0.5) is 0 Å². The van der Waals surface area contributed by atoms with E-state index in [-0.39, 0.29) is 35.8 Å². The molecule has 6 aliphatic rings. The Labute approximate surface area is 271 Å². The molecule has 3 aliphatic carbocycles. The van der Waals surface area contributed by atoms with Crippen molar-refractivity contribution >= 4 is 31.5 Å². The van der Waals surface area contributed by atoms with Crippen molar-refractivity contribution in [3.8, 4) is 0 Å². The Kier molecular flexibility index (Phi) is 10.8. The molecule has 3 aliphatic heterocycles. The van der Waals surface area contributed by atoms with Gasteiger partial charge in [0.25, 0.3) is 0 Å². The maximum absolute atomic E-state index is 13.5. The topological polar surface area (TPSA) is 110 Å². The van der Waals surface area contributed by atoms with Crippen LogP contribution in [0.25, 0.3) is 0 Å². The van der Waals surface area contributed by atoms with Crippen LogP contribution in [0.2, 0.25) is 18.6 Å². The molecule has 2 saturated heterocycles. The van der Waals surface area contributed by atoms with Crippen molar-refractivity contribution in [3.63, 3.8) is 0 Å². The van der Waals surface area contributed by atoms with E-state index < -0.39 is 8.32 Å². The van der Waals surface area contributed by atoms with Gasteiger partial charge in [0.2, 0.25) is 5.91 Å². The lowest BCUT2D eigenvalue weighted by molar-refractivity contribution is -0.121. The molecule has 0 aromatic heterocycles. The normalized spacial score (nSPS) is 43.3. The van der Waals surface area contributed by atoms with Gasteiger partial charge in [-0.1, -0.05) is 0 Å². The molecule has 250 valence electrons. The van der Waals surface area contributed by atoms with Gasteiger partial charge in [-0.3, -0.25) is 14.7 Å². The first-order chi connectivity index (χ1) is 21.1. The van der Waals surface area contributed by atoms with Crippen molar-refractivity contribution < 1.29 is 14.3 Å². The zero-order valence-corrected chi connectivity index (χ0v) is 29.3. The number of hydrazine groups is 1. The zero-order chi connectivity index (χ0) is 31.0. The fourth-order valence-corrected chi connectivity index (χ4v) is 11.8. The number of halogens is 1. The van der Waals surface area contributed by atoms with Crippen molar-refractivity contribution in [2.24, 2.45) is 28.7 Å². The molecule has 0 radical (unpaired) electrons. The average molecular weight is 651 g/mol. The predicted octanol–water partition coefficient (Wildman–Crippen LogP) is 4.12. The monoisotopic (exact) mass is 650 g/mol. The number of carbonyl (C=O) groups excluding carboxylic acids is 1. The van der Waals surface area contributed by atoms with E-state index in [1.54, 1.807) is 0 Å². The third kappa shape index (κ3) is 7.43. The van der Waals surface area contributed by atoms with Gasteiger partial charge in [-0.25, -0.2) is 10.9 Å². The molecule has 3 saturated carbocycles. The number of piperidine rings is 1. The average Bonchev–Trinajstić information content (AvgIpc) is 3.33. The van der Waals surface area contributed by atoms with Crippen LogP contribution in [0.5, 0.6) is 0 Å². The highest BCUT2D eigenvalue weighted by Gasteiger charge is 2.50. The number of fused-ring (bicyclic) bond motifs is 4. The molecule has 0 aromatic rings. The van der Waals surface area contributed by atoms with E-state index in [1.807, 2.05) is 7.11 Å². The first kappa shape index (κ1) is 33.3. The number of carbonyl (C=O) groups is 1. The van der Waals surface area contributed by atoms with Crippen LogP contribution in [-0.4, -0.2) is 91.8 Å². The third-order valence-corrected chi connectivity index (χ3v) is 15.3. The number of hydrogen-bond acceptors (Lipinski definition) is 8. The van der Waals surface area contributed by atoms with Crippen LogP contribution in [-0.2, 0) is 9.53 Å². The number of alkyl halides is 1. The Morgan fingerprint density at radius 1 is 1.09 bits per heavy atom. The summed E-state index contributed by atoms with van der Waals surface area (Å²) in [7, 11) is -0.243. The van der Waals surface area contributed by atoms with Gasteiger partial charge < -0.3 is 20.2 Å². The number of aliphatic imine (C=N–C) groups is 1. The first-order valence-electron chi connectivity index (χ1n) is 17.9. The highest BCUT2D eigenvalue weighted by Crippen LogP contribution is 2.44. The van der Waals surface area contributed by atoms with Crippen LogP contribution in [0.1, 0.15) is 90.4 Å². The van der Waals surface area contributed by atoms with Gasteiger partial charge >= 0.3 is 0 Å². The van der Waals surface area contributed by atoms with E-state index >= 15 is 0 Å². The molecule has 0 bridgehead atoms. The molecule has 5 fully saturated rings. The van der Waals surface area contributed by atoms with Gasteiger partial charge in [0.1, 0.15) is 0 Å². The molecule has 44 heavy (non-hydrogen) atoms. The summed E-state index contributed by atoms with van der Waals surface area (Å²) in [6, 6.07) is 0.867. The maximum Gasteiger partial charge on any atom is 0.222 e. The second kappa shape index (κ2) is 14.3. The summed E-state index contributed by atoms with van der Waals surface area (Å²) in [6.45, 7) is 8.20. The number of methoxy groups -OCH3 is 1. The van der Waals surface area contributed by atoms with E-state index in [0.717, 1.165) is 64.3 Å². The van der Waals surface area contributed by atoms with Crippen LogP contribution in [0, 0.1) is 23.7 Å². The predicted molar refractivity (Wildman–Crippen MR) is 179 cm³/mol. The quantitative estimate of drug-likeness (QED) is 0.199. The van der Waals surface area contributed by atoms with E-state index in [2.05, 4.69) is 46.4 Å². The standard InChI is InChI=1S/C33H59ClN6O3Si/c1-20-38-39-33-29(18-31(41)35-14-13-21-15-23-16-26(44(3,4)42)10-11-28(23)36-19-21)37-32(22-5-7-24(34)8-6-22)27-17-25(43-2)9-12-30(27)40(20)33/h20-30,33,36,38-39,42H,5-19H2,1-4H3,(H,35,41)/t20?,21?,22?,23?,24?,25?,26?,27?,28?,29-,30?,33?/m0/s1. The van der Waals surface area contributed by atoms with Crippen molar-refractivity contribution in [2.75, 3.05) is 20.2 Å². The highest BCUT2D eigenvalue weighted by molar-refractivity contribution is 6.71. The lowest BCUT2D eigenvalue weighted by atomic mass is 9.72. The molecule has 9 nitrogen and oxygen atoms in total. The smallest absolute Gasteiger partial charge is 0.222 e. The van der Waals surface area contributed by atoms with Crippen LogP contribution in [0.15, 0.2) is 4.99 Å². The summed E-state index contributed by atoms with van der Waals surface area (Å²) >= 11 is 6.54. The van der Waals surface area contributed by atoms with Gasteiger partial charge in [0.15, 0.2) is 8.32 Å². The fraction of sp³-hybridized carbons (Fsp3) is 0.939. The number of rotatable bonds is 8. The van der Waals surface area contributed by atoms with Gasteiger partial charge in [-0.15, -0.1) is 11.6 Å². The second-order valence-electron chi connectivity index (χ2n) is 15.7. The molecule has 6 rings (SSSR count). The van der Waals surface area contributed by atoms with E-state index in [0.29, 0.717) is 54.3 Å². The Hall–Kier alpha value is -0.593. The Bertz CT molecular complexity index is 1020. The Morgan fingerprint density at radius 3 is 2.64 bits per heavy atom. The minimum atomic E-state index is -2.09. The minimum Gasteiger partial charge on any atom is -0.432 e. The largest absolute Gasteiger partial charge is 0.432 e. The van der Waals surface area contributed by atoms with E-state index in [4.69, 9.17) is 21.3 Å². The minimum absolute atomic E-state index is 0.00209. The molecule has 11 heteroatoms. The van der Waals surface area contributed by atoms with Crippen LogP contribution in [0.3, 0.4) is 0 Å². The van der Waals surface area contributed by atoms with Crippen molar-refractivity contribution in [3.05, 3.63) is 0 Å². The molecule has 10 atom stereocenters. The van der Waals surface area contributed by atoms with Gasteiger partial charge in [-0.2, -0.15) is 0 Å². The summed E-state index contributed by atoms with van der Waals surface area (Å²) < 4.78 is 5.90. The van der Waals surface area contributed by atoms with E-state index in [9.17, 15) is 9.59 Å². The number of hydrogen-bond donors (Lipinski definition) is 5. The van der Waals surface area contributed by atoms with Crippen LogP contribution < -0.4 is 21.5 Å². The van der Waals surface area contributed by atoms with Gasteiger partial charge in [0, 0.05) is 42.7 Å². The highest BCUT2D eigenvalue weighted by atomic mass is 35.5. The third-order valence-electron chi connectivity index (χ3n) is 12.4. The lowest BCUT2D eigenvalue weighted by Crippen LogP contribution is -2.55. The summed E-state index contributed by atoms with van der Waals surface area (Å²) in [5.41, 5.74) is 8.89. The maximum atomic E-state index is 13.5. The number of nitrogens with one attached hydrogen (secondary N) is 4. The fourth-order valence-electron chi connectivity index (χ4n) is 9.82.